The quantitative estimate of drug-likeness (QED) is 0.565. The van der Waals surface area contributed by atoms with Crippen LogP contribution in [0.3, 0.4) is 0 Å². The van der Waals surface area contributed by atoms with Crippen LogP contribution in [0.4, 0.5) is 17.3 Å². The molecule has 0 unspecified atom stereocenters. The normalized spacial score (nSPS) is 10.9. The van der Waals surface area contributed by atoms with Crippen LogP contribution >= 0.6 is 0 Å². The molecular weight excluding hydrogens is 378 g/mol. The highest BCUT2D eigenvalue weighted by atomic mass is 32.2. The van der Waals surface area contributed by atoms with Gasteiger partial charge in [0.25, 0.3) is 5.91 Å². The largest absolute Gasteiger partial charge is 0.348 e. The van der Waals surface area contributed by atoms with Gasteiger partial charge in [-0.15, -0.1) is 0 Å². The number of rotatable bonds is 7. The minimum absolute atomic E-state index is 0.251. The number of nitrogens with one attached hydrogen (secondary N) is 3. The second-order valence-electron chi connectivity index (χ2n) is 6.04. The molecule has 0 aliphatic rings. The van der Waals surface area contributed by atoms with Crippen LogP contribution in [0.2, 0.25) is 0 Å². The van der Waals surface area contributed by atoms with Gasteiger partial charge in [-0.3, -0.25) is 9.52 Å². The number of aromatic nitrogens is 2. The molecule has 0 aliphatic heterocycles. The van der Waals surface area contributed by atoms with Crippen LogP contribution in [0, 0.1) is 0 Å². The Balaban J connectivity index is 1.64. The van der Waals surface area contributed by atoms with Crippen molar-refractivity contribution in [2.24, 2.45) is 0 Å². The van der Waals surface area contributed by atoms with Gasteiger partial charge in [0.1, 0.15) is 0 Å². The van der Waals surface area contributed by atoms with Gasteiger partial charge >= 0.3 is 0 Å². The van der Waals surface area contributed by atoms with Crippen LogP contribution in [-0.2, 0) is 16.6 Å². The number of carbonyl (C=O) groups excluding carboxylic acids is 1. The summed E-state index contributed by atoms with van der Waals surface area (Å²) < 4.78 is 25.1. The third kappa shape index (κ3) is 5.78. The fraction of sp³-hybridized carbons (Fsp3) is 0.105. The van der Waals surface area contributed by atoms with Crippen molar-refractivity contribution in [1.82, 2.24) is 15.3 Å². The molecule has 144 valence electrons. The highest BCUT2D eigenvalue weighted by Crippen LogP contribution is 2.15. The molecule has 9 heteroatoms. The highest BCUT2D eigenvalue weighted by molar-refractivity contribution is 7.92. The summed E-state index contributed by atoms with van der Waals surface area (Å²) in [4.78, 5) is 20.6. The van der Waals surface area contributed by atoms with Crippen molar-refractivity contribution in [3.63, 3.8) is 0 Å². The SMILES string of the molecule is CS(=O)(=O)Nc1cccc(CNC(=O)c2cccc(Nc3ncccn3)c2)c1. The molecule has 3 aromatic rings. The first-order valence-corrected chi connectivity index (χ1v) is 10.3. The highest BCUT2D eigenvalue weighted by Gasteiger charge is 2.08. The molecule has 2 aromatic carbocycles. The summed E-state index contributed by atoms with van der Waals surface area (Å²) >= 11 is 0. The van der Waals surface area contributed by atoms with Crippen molar-refractivity contribution in [1.29, 1.82) is 0 Å². The Morgan fingerprint density at radius 2 is 1.68 bits per heavy atom. The van der Waals surface area contributed by atoms with Gasteiger partial charge in [0.05, 0.1) is 6.26 Å². The Kier molecular flexibility index (Phi) is 5.85. The van der Waals surface area contributed by atoms with Gasteiger partial charge < -0.3 is 10.6 Å². The van der Waals surface area contributed by atoms with Crippen molar-refractivity contribution in [2.75, 3.05) is 16.3 Å². The van der Waals surface area contributed by atoms with E-state index >= 15 is 0 Å². The Morgan fingerprint density at radius 1 is 0.964 bits per heavy atom. The zero-order valence-electron chi connectivity index (χ0n) is 15.1. The van der Waals surface area contributed by atoms with Crippen LogP contribution in [0.25, 0.3) is 0 Å². The zero-order valence-corrected chi connectivity index (χ0v) is 15.9. The molecule has 0 aliphatic carbocycles. The molecule has 0 atom stereocenters. The standard InChI is InChI=1S/C19H19N5O3S/c1-28(26,27)24-17-8-2-5-14(11-17)13-22-18(25)15-6-3-7-16(12-15)23-19-20-9-4-10-21-19/h2-12,24H,13H2,1H3,(H,22,25)(H,20,21,23). The molecular formula is C19H19N5O3S. The summed E-state index contributed by atoms with van der Waals surface area (Å²) in [6.07, 6.45) is 4.33. The lowest BCUT2D eigenvalue weighted by Crippen LogP contribution is -2.23. The van der Waals surface area contributed by atoms with E-state index < -0.39 is 10.0 Å². The van der Waals surface area contributed by atoms with E-state index in [0.29, 0.717) is 22.9 Å². The lowest BCUT2D eigenvalue weighted by atomic mass is 10.1. The summed E-state index contributed by atoms with van der Waals surface area (Å²) in [7, 11) is -3.35. The first-order chi connectivity index (χ1) is 13.4. The smallest absolute Gasteiger partial charge is 0.251 e. The summed E-state index contributed by atoms with van der Waals surface area (Å²) in [5.41, 5.74) is 2.39. The first-order valence-electron chi connectivity index (χ1n) is 8.38. The molecule has 8 nitrogen and oxygen atoms in total. The van der Waals surface area contributed by atoms with Crippen molar-refractivity contribution in [3.05, 3.63) is 78.1 Å². The number of amides is 1. The molecule has 0 radical (unpaired) electrons. The van der Waals surface area contributed by atoms with E-state index in [4.69, 9.17) is 0 Å². The maximum Gasteiger partial charge on any atom is 0.251 e. The van der Waals surface area contributed by atoms with E-state index in [9.17, 15) is 13.2 Å². The number of hydrogen-bond acceptors (Lipinski definition) is 6. The van der Waals surface area contributed by atoms with Gasteiger partial charge in [0, 0.05) is 35.9 Å². The number of hydrogen-bond donors (Lipinski definition) is 3. The maximum absolute atomic E-state index is 12.5. The van der Waals surface area contributed by atoms with Gasteiger partial charge in [0.15, 0.2) is 0 Å². The van der Waals surface area contributed by atoms with Crippen LogP contribution < -0.4 is 15.4 Å². The molecule has 3 rings (SSSR count). The average molecular weight is 397 g/mol. The van der Waals surface area contributed by atoms with Gasteiger partial charge in [0.2, 0.25) is 16.0 Å². The summed E-state index contributed by atoms with van der Waals surface area (Å²) in [6.45, 7) is 0.261. The number of carbonyl (C=O) groups is 1. The van der Waals surface area contributed by atoms with E-state index in [2.05, 4.69) is 25.3 Å². The average Bonchev–Trinajstić information content (AvgIpc) is 2.66. The van der Waals surface area contributed by atoms with E-state index in [1.165, 1.54) is 0 Å². The molecule has 1 heterocycles. The van der Waals surface area contributed by atoms with Crippen LogP contribution in [0.1, 0.15) is 15.9 Å². The molecule has 0 saturated heterocycles. The molecule has 1 amide bonds. The zero-order chi connectivity index (χ0) is 20.0. The topological polar surface area (TPSA) is 113 Å². The van der Waals surface area contributed by atoms with Gasteiger partial charge in [-0.05, 0) is 42.0 Å². The molecule has 0 fully saturated rings. The van der Waals surface area contributed by atoms with Crippen LogP contribution in [0.15, 0.2) is 67.0 Å². The third-order valence-electron chi connectivity index (χ3n) is 3.63. The van der Waals surface area contributed by atoms with Gasteiger partial charge in [-0.2, -0.15) is 0 Å². The van der Waals surface area contributed by atoms with Gasteiger partial charge in [-0.1, -0.05) is 18.2 Å². The Hall–Kier alpha value is -3.46. The van der Waals surface area contributed by atoms with E-state index in [0.717, 1.165) is 11.8 Å². The lowest BCUT2D eigenvalue weighted by Gasteiger charge is -2.09. The van der Waals surface area contributed by atoms with Crippen molar-refractivity contribution >= 4 is 33.3 Å². The maximum atomic E-state index is 12.5. The molecule has 28 heavy (non-hydrogen) atoms. The third-order valence-corrected chi connectivity index (χ3v) is 4.24. The van der Waals surface area contributed by atoms with Crippen molar-refractivity contribution in [2.45, 2.75) is 6.54 Å². The molecule has 0 saturated carbocycles. The lowest BCUT2D eigenvalue weighted by molar-refractivity contribution is 0.0951. The predicted octanol–water partition coefficient (Wildman–Crippen LogP) is 2.52. The number of benzene rings is 2. The van der Waals surface area contributed by atoms with Crippen LogP contribution in [0.5, 0.6) is 0 Å². The summed E-state index contributed by atoms with van der Waals surface area (Å²) in [5, 5.41) is 5.86. The fourth-order valence-corrected chi connectivity index (χ4v) is 3.03. The molecule has 3 N–H and O–H groups in total. The molecule has 0 spiro atoms. The minimum Gasteiger partial charge on any atom is -0.348 e. The number of nitrogens with zero attached hydrogens (tertiary/aromatic N) is 2. The first kappa shape index (κ1) is 19.3. The van der Waals surface area contributed by atoms with E-state index in [-0.39, 0.29) is 12.5 Å². The fourth-order valence-electron chi connectivity index (χ4n) is 2.47. The van der Waals surface area contributed by atoms with Crippen molar-refractivity contribution < 1.29 is 13.2 Å². The van der Waals surface area contributed by atoms with E-state index in [1.54, 1.807) is 60.9 Å². The Labute approximate surface area is 163 Å². The number of sulfonamides is 1. The van der Waals surface area contributed by atoms with E-state index in [1.807, 2.05) is 6.07 Å². The molecule has 0 bridgehead atoms. The monoisotopic (exact) mass is 397 g/mol. The minimum atomic E-state index is -3.35. The van der Waals surface area contributed by atoms with Crippen LogP contribution in [-0.4, -0.2) is 30.5 Å². The number of anilines is 3. The summed E-state index contributed by atoms with van der Waals surface area (Å²) in [6, 6.07) is 15.5. The Bertz CT molecular complexity index is 1070. The second-order valence-corrected chi connectivity index (χ2v) is 7.78. The summed E-state index contributed by atoms with van der Waals surface area (Å²) in [5.74, 6) is 0.189. The molecule has 1 aromatic heterocycles. The van der Waals surface area contributed by atoms with Crippen molar-refractivity contribution in [3.8, 4) is 0 Å². The predicted molar refractivity (Wildman–Crippen MR) is 108 cm³/mol. The van der Waals surface area contributed by atoms with Gasteiger partial charge in [-0.25, -0.2) is 18.4 Å². The second kappa shape index (κ2) is 8.49. The Morgan fingerprint density at radius 3 is 2.43 bits per heavy atom.